The van der Waals surface area contributed by atoms with Gasteiger partial charge in [-0.15, -0.1) is 0 Å². The first-order chi connectivity index (χ1) is 19.7. The molecule has 2 unspecified atom stereocenters. The number of aliphatic carboxylic acids is 1. The second-order valence-corrected chi connectivity index (χ2v) is 11.7. The van der Waals surface area contributed by atoms with Crippen LogP contribution >= 0.6 is 0 Å². The van der Waals surface area contributed by atoms with Crippen LogP contribution in [0, 0.1) is 0 Å². The third-order valence-corrected chi connectivity index (χ3v) is 8.75. The van der Waals surface area contributed by atoms with Crippen LogP contribution in [0.25, 0.3) is 0 Å². The van der Waals surface area contributed by atoms with Crippen LogP contribution in [0.1, 0.15) is 31.2 Å². The number of anilines is 2. The first-order valence-corrected chi connectivity index (χ1v) is 15.0. The molecule has 0 aromatic heterocycles. The molecular weight excluding hydrogens is 544 g/mol. The summed E-state index contributed by atoms with van der Waals surface area (Å²) in [5.41, 5.74) is 2.22. The highest BCUT2D eigenvalue weighted by Crippen LogP contribution is 2.26. The molecule has 1 fully saturated rings. The van der Waals surface area contributed by atoms with Gasteiger partial charge >= 0.3 is 5.97 Å². The van der Waals surface area contributed by atoms with E-state index in [-0.39, 0.29) is 23.8 Å². The average Bonchev–Trinajstić information content (AvgIpc) is 3.48. The standard InChI is InChI=1S/C30H34N4O6S/c35-28(14-7-19-31-23-9-3-1-4-10-23)32-24-17-15-22(16-18-24)21-26(30(37)38)33-29(36)27-13-8-20-34(27)41(39,40)25-11-5-2-6-12-25/h1-6,9-12,15-18,26-27,31H,7-8,13-14,19-21H2,(H,32,35)(H,33,36)(H,37,38). The van der Waals surface area contributed by atoms with Crippen LogP contribution in [0.15, 0.2) is 89.8 Å². The van der Waals surface area contributed by atoms with E-state index in [2.05, 4.69) is 16.0 Å². The highest BCUT2D eigenvalue weighted by molar-refractivity contribution is 7.89. The van der Waals surface area contributed by atoms with E-state index in [4.69, 9.17) is 0 Å². The van der Waals surface area contributed by atoms with Crippen molar-refractivity contribution in [2.75, 3.05) is 23.7 Å². The number of nitrogens with zero attached hydrogens (tertiary/aromatic N) is 1. The Morgan fingerprint density at radius 2 is 1.56 bits per heavy atom. The SMILES string of the molecule is O=C(CCCNc1ccccc1)Nc1ccc(CC(NC(=O)C2CCCN2S(=O)(=O)c2ccccc2)C(=O)O)cc1. The number of carbonyl (C=O) groups is 3. The van der Waals surface area contributed by atoms with Gasteiger partial charge in [-0.3, -0.25) is 9.59 Å². The molecule has 4 N–H and O–H groups in total. The van der Waals surface area contributed by atoms with Gasteiger partial charge in [0.05, 0.1) is 4.90 Å². The monoisotopic (exact) mass is 578 g/mol. The minimum absolute atomic E-state index is 0.00138. The largest absolute Gasteiger partial charge is 0.480 e. The van der Waals surface area contributed by atoms with Crippen LogP contribution in [0.2, 0.25) is 0 Å². The fourth-order valence-corrected chi connectivity index (χ4v) is 6.38. The van der Waals surface area contributed by atoms with Gasteiger partial charge in [0.15, 0.2) is 0 Å². The summed E-state index contributed by atoms with van der Waals surface area (Å²) in [5, 5.41) is 18.4. The maximum atomic E-state index is 13.1. The second-order valence-electron chi connectivity index (χ2n) is 9.83. The van der Waals surface area contributed by atoms with Crippen LogP contribution in [-0.2, 0) is 30.8 Å². The van der Waals surface area contributed by atoms with Gasteiger partial charge in [-0.25, -0.2) is 13.2 Å². The molecule has 0 spiro atoms. The predicted octanol–water partition coefficient (Wildman–Crippen LogP) is 3.48. The molecule has 0 saturated carbocycles. The summed E-state index contributed by atoms with van der Waals surface area (Å²) in [6.45, 7) is 0.846. The van der Waals surface area contributed by atoms with Crippen LogP contribution in [0.4, 0.5) is 11.4 Å². The third-order valence-electron chi connectivity index (χ3n) is 6.83. The summed E-state index contributed by atoms with van der Waals surface area (Å²) in [4.78, 5) is 37.4. The zero-order valence-electron chi connectivity index (χ0n) is 22.5. The molecule has 3 aromatic rings. The number of carbonyl (C=O) groups excluding carboxylic acids is 2. The van der Waals surface area contributed by atoms with E-state index < -0.39 is 34.0 Å². The van der Waals surface area contributed by atoms with Crippen molar-refractivity contribution in [3.05, 3.63) is 90.5 Å². The van der Waals surface area contributed by atoms with Crippen molar-refractivity contribution in [1.29, 1.82) is 0 Å². The minimum Gasteiger partial charge on any atom is -0.480 e. The van der Waals surface area contributed by atoms with Crippen molar-refractivity contribution in [1.82, 2.24) is 9.62 Å². The average molecular weight is 579 g/mol. The molecule has 11 heteroatoms. The lowest BCUT2D eigenvalue weighted by molar-refractivity contribution is -0.142. The molecule has 1 aliphatic rings. The van der Waals surface area contributed by atoms with Gasteiger partial charge < -0.3 is 21.1 Å². The van der Waals surface area contributed by atoms with Crippen molar-refractivity contribution in [2.45, 2.75) is 49.1 Å². The lowest BCUT2D eigenvalue weighted by atomic mass is 10.0. The molecular formula is C30H34N4O6S. The molecule has 1 saturated heterocycles. The number of hydrogen-bond acceptors (Lipinski definition) is 6. The number of nitrogens with one attached hydrogen (secondary N) is 3. The first kappa shape index (κ1) is 29.8. The summed E-state index contributed by atoms with van der Waals surface area (Å²) in [6, 6.07) is 22.1. The molecule has 216 valence electrons. The summed E-state index contributed by atoms with van der Waals surface area (Å²) in [7, 11) is -3.90. The zero-order valence-corrected chi connectivity index (χ0v) is 23.3. The molecule has 0 bridgehead atoms. The number of rotatable bonds is 13. The Morgan fingerprint density at radius 3 is 2.22 bits per heavy atom. The van der Waals surface area contributed by atoms with Gasteiger partial charge in [-0.1, -0.05) is 48.5 Å². The van der Waals surface area contributed by atoms with Crippen LogP contribution < -0.4 is 16.0 Å². The van der Waals surface area contributed by atoms with Crippen LogP contribution in [0.5, 0.6) is 0 Å². The number of benzene rings is 3. The van der Waals surface area contributed by atoms with Gasteiger partial charge in [-0.05, 0) is 61.2 Å². The van der Waals surface area contributed by atoms with Crippen LogP contribution in [-0.4, -0.2) is 60.8 Å². The molecule has 1 aliphatic heterocycles. The van der Waals surface area contributed by atoms with Crippen molar-refractivity contribution in [2.24, 2.45) is 0 Å². The molecule has 10 nitrogen and oxygen atoms in total. The molecule has 3 aromatic carbocycles. The number of sulfonamides is 1. The van der Waals surface area contributed by atoms with Crippen LogP contribution in [0.3, 0.4) is 0 Å². The minimum atomic E-state index is -3.90. The lowest BCUT2D eigenvalue weighted by Gasteiger charge is -2.25. The van der Waals surface area contributed by atoms with Crippen molar-refractivity contribution in [3.63, 3.8) is 0 Å². The highest BCUT2D eigenvalue weighted by Gasteiger charge is 2.40. The van der Waals surface area contributed by atoms with E-state index >= 15 is 0 Å². The number of para-hydroxylation sites is 1. The molecule has 2 atom stereocenters. The number of amides is 2. The topological polar surface area (TPSA) is 145 Å². The maximum absolute atomic E-state index is 13.1. The lowest BCUT2D eigenvalue weighted by Crippen LogP contribution is -2.51. The van der Waals surface area contributed by atoms with Crippen molar-refractivity contribution in [3.8, 4) is 0 Å². The second kappa shape index (κ2) is 13.9. The quantitative estimate of drug-likeness (QED) is 0.227. The number of carboxylic acids is 1. The van der Waals surface area contributed by atoms with E-state index in [1.807, 2.05) is 30.3 Å². The molecule has 1 heterocycles. The Hall–Kier alpha value is -4.22. The van der Waals surface area contributed by atoms with E-state index in [1.165, 1.54) is 12.1 Å². The van der Waals surface area contributed by atoms with Gasteiger partial charge in [0.1, 0.15) is 12.1 Å². The molecule has 4 rings (SSSR count). The van der Waals surface area contributed by atoms with Gasteiger partial charge in [0.2, 0.25) is 21.8 Å². The smallest absolute Gasteiger partial charge is 0.326 e. The summed E-state index contributed by atoms with van der Waals surface area (Å²) in [5.74, 6) is -2.00. The predicted molar refractivity (Wildman–Crippen MR) is 156 cm³/mol. The van der Waals surface area contributed by atoms with E-state index in [0.717, 1.165) is 9.99 Å². The zero-order chi connectivity index (χ0) is 29.2. The van der Waals surface area contributed by atoms with E-state index in [9.17, 15) is 27.9 Å². The third kappa shape index (κ3) is 8.15. The first-order valence-electron chi connectivity index (χ1n) is 13.5. The summed E-state index contributed by atoms with van der Waals surface area (Å²) < 4.78 is 27.3. The molecule has 0 aliphatic carbocycles. The Kier molecular flexibility index (Phi) is 10.1. The Bertz CT molecular complexity index is 1430. The van der Waals surface area contributed by atoms with Gasteiger partial charge in [0.25, 0.3) is 0 Å². The molecule has 41 heavy (non-hydrogen) atoms. The Labute approximate surface area is 239 Å². The van der Waals surface area contributed by atoms with E-state index in [0.29, 0.717) is 43.5 Å². The number of carboxylic acid groups (broad SMARTS) is 1. The van der Waals surface area contributed by atoms with Crippen molar-refractivity contribution >= 4 is 39.2 Å². The fourth-order valence-electron chi connectivity index (χ4n) is 4.71. The molecule has 2 amide bonds. The highest BCUT2D eigenvalue weighted by atomic mass is 32.2. The van der Waals surface area contributed by atoms with Gasteiger partial charge in [-0.2, -0.15) is 4.31 Å². The number of hydrogen-bond donors (Lipinski definition) is 4. The Balaban J connectivity index is 1.29. The van der Waals surface area contributed by atoms with Gasteiger partial charge in [0, 0.05) is 37.3 Å². The summed E-state index contributed by atoms with van der Waals surface area (Å²) >= 11 is 0. The molecule has 0 radical (unpaired) electrons. The van der Waals surface area contributed by atoms with E-state index in [1.54, 1.807) is 42.5 Å². The maximum Gasteiger partial charge on any atom is 0.326 e. The fraction of sp³-hybridized carbons (Fsp3) is 0.300. The normalized spacial score (nSPS) is 16.0. The summed E-state index contributed by atoms with van der Waals surface area (Å²) in [6.07, 6.45) is 1.80. The van der Waals surface area contributed by atoms with Crippen molar-refractivity contribution < 1.29 is 27.9 Å². The Morgan fingerprint density at radius 1 is 0.902 bits per heavy atom.